The van der Waals surface area contributed by atoms with Crippen molar-refractivity contribution in [1.82, 2.24) is 19.8 Å². The quantitative estimate of drug-likeness (QED) is 0.490. The van der Waals surface area contributed by atoms with Crippen molar-refractivity contribution in [3.63, 3.8) is 0 Å². The second kappa shape index (κ2) is 12.0. The number of hydrogen-bond donors (Lipinski definition) is 2. The second-order valence-corrected chi connectivity index (χ2v) is 12.6. The molecule has 0 spiro atoms. The first-order valence-electron chi connectivity index (χ1n) is 15.2. The molecule has 4 heterocycles. The van der Waals surface area contributed by atoms with Gasteiger partial charge in [0.15, 0.2) is 0 Å². The van der Waals surface area contributed by atoms with Crippen LogP contribution in [0, 0.1) is 29.5 Å². The number of carboxylic acids is 1. The van der Waals surface area contributed by atoms with E-state index in [-0.39, 0.29) is 17.3 Å². The number of halogens is 1. The molecule has 3 aliphatic heterocycles. The summed E-state index contributed by atoms with van der Waals surface area (Å²) in [5, 5.41) is 10.0. The first-order valence-corrected chi connectivity index (χ1v) is 15.2. The maximum Gasteiger partial charge on any atom is 0.320 e. The van der Waals surface area contributed by atoms with Crippen molar-refractivity contribution < 1.29 is 14.3 Å². The monoisotopic (exact) mass is 551 g/mol. The van der Waals surface area contributed by atoms with Crippen LogP contribution < -0.4 is 10.5 Å². The van der Waals surface area contributed by atoms with Crippen LogP contribution in [0.5, 0.6) is 0 Å². The number of carboxylic acid groups (broad SMARTS) is 1. The van der Waals surface area contributed by atoms with Gasteiger partial charge < -0.3 is 19.9 Å². The number of benzene rings is 1. The summed E-state index contributed by atoms with van der Waals surface area (Å²) < 4.78 is 14.2. The predicted molar refractivity (Wildman–Crippen MR) is 152 cm³/mol. The predicted octanol–water partition coefficient (Wildman–Crippen LogP) is 3.81. The van der Waals surface area contributed by atoms with Crippen LogP contribution in [0.3, 0.4) is 0 Å². The number of nitrogens with one attached hydrogen (secondary N) is 1. The Kier molecular flexibility index (Phi) is 8.21. The van der Waals surface area contributed by atoms with Gasteiger partial charge in [-0.05, 0) is 86.6 Å². The molecule has 2 aromatic rings. The molecule has 9 heteroatoms. The summed E-state index contributed by atoms with van der Waals surface area (Å²) >= 11 is 0. The Morgan fingerprint density at radius 1 is 1.02 bits per heavy atom. The Bertz CT molecular complexity index is 1220. The van der Waals surface area contributed by atoms with Gasteiger partial charge in [-0.1, -0.05) is 25.0 Å². The first-order chi connectivity index (χ1) is 19.4. The molecule has 8 nitrogen and oxygen atoms in total. The lowest BCUT2D eigenvalue weighted by Crippen LogP contribution is -2.43. The number of piperidine rings is 2. The maximum absolute atomic E-state index is 14.2. The number of aromatic nitrogens is 2. The van der Waals surface area contributed by atoms with Crippen molar-refractivity contribution in [1.29, 1.82) is 0 Å². The normalized spacial score (nSPS) is 26.3. The molecular weight excluding hydrogens is 509 g/mol. The molecule has 0 amide bonds. The number of hydrogen-bond acceptors (Lipinski definition) is 6. The molecule has 0 radical (unpaired) electrons. The lowest BCUT2D eigenvalue weighted by atomic mass is 9.78. The number of nitrogens with zero attached hydrogens (tertiary/aromatic N) is 4. The molecule has 3 atom stereocenters. The number of carbonyl (C=O) groups is 1. The van der Waals surface area contributed by atoms with Gasteiger partial charge in [0.05, 0.1) is 6.33 Å². The van der Waals surface area contributed by atoms with Gasteiger partial charge in [-0.15, -0.1) is 0 Å². The molecule has 216 valence electrons. The number of anilines is 1. The van der Waals surface area contributed by atoms with Crippen LogP contribution in [0.25, 0.3) is 0 Å². The molecule has 3 saturated heterocycles. The third kappa shape index (κ3) is 6.41. The largest absolute Gasteiger partial charge is 0.480 e. The molecule has 1 aromatic heterocycles. The van der Waals surface area contributed by atoms with Crippen molar-refractivity contribution in [3.8, 4) is 0 Å². The molecule has 6 rings (SSSR count). The van der Waals surface area contributed by atoms with Gasteiger partial charge in [0.2, 0.25) is 0 Å². The van der Waals surface area contributed by atoms with E-state index >= 15 is 0 Å². The Labute approximate surface area is 235 Å². The van der Waals surface area contributed by atoms with Crippen LogP contribution in [0.1, 0.15) is 56.4 Å². The van der Waals surface area contributed by atoms with Crippen molar-refractivity contribution in [2.45, 2.75) is 56.9 Å². The van der Waals surface area contributed by atoms with Gasteiger partial charge in [-0.25, -0.2) is 9.37 Å². The number of rotatable bonds is 9. The van der Waals surface area contributed by atoms with E-state index < -0.39 is 12.0 Å². The zero-order valence-corrected chi connectivity index (χ0v) is 23.3. The molecule has 1 aliphatic carbocycles. The summed E-state index contributed by atoms with van der Waals surface area (Å²) in [7, 11) is 0. The van der Waals surface area contributed by atoms with Gasteiger partial charge >= 0.3 is 5.97 Å². The van der Waals surface area contributed by atoms with E-state index in [1.807, 2.05) is 6.07 Å². The van der Waals surface area contributed by atoms with Crippen molar-refractivity contribution in [2.24, 2.45) is 23.7 Å². The molecule has 1 aromatic carbocycles. The molecule has 2 N–H and O–H groups in total. The van der Waals surface area contributed by atoms with Crippen LogP contribution in [-0.4, -0.2) is 82.7 Å². The average molecular weight is 552 g/mol. The molecule has 40 heavy (non-hydrogen) atoms. The van der Waals surface area contributed by atoms with Crippen LogP contribution in [-0.2, 0) is 4.79 Å². The minimum absolute atomic E-state index is 0.106. The molecule has 1 saturated carbocycles. The number of aromatic amines is 1. The summed E-state index contributed by atoms with van der Waals surface area (Å²) in [6, 6.07) is 8.09. The third-order valence-electron chi connectivity index (χ3n) is 10.0. The average Bonchev–Trinajstić information content (AvgIpc) is 3.70. The third-order valence-corrected chi connectivity index (χ3v) is 10.0. The van der Waals surface area contributed by atoms with Gasteiger partial charge in [0.25, 0.3) is 5.56 Å². The van der Waals surface area contributed by atoms with Crippen molar-refractivity contribution in [3.05, 3.63) is 58.4 Å². The highest BCUT2D eigenvalue weighted by atomic mass is 19.1. The highest BCUT2D eigenvalue weighted by Crippen LogP contribution is 2.40. The van der Waals surface area contributed by atoms with Crippen LogP contribution in [0.15, 0.2) is 41.5 Å². The van der Waals surface area contributed by atoms with E-state index in [2.05, 4.69) is 24.7 Å². The van der Waals surface area contributed by atoms with Gasteiger partial charge in [-0.2, -0.15) is 0 Å². The van der Waals surface area contributed by atoms with Gasteiger partial charge in [0, 0.05) is 44.7 Å². The van der Waals surface area contributed by atoms with E-state index in [9.17, 15) is 19.1 Å². The second-order valence-electron chi connectivity index (χ2n) is 12.6. The number of H-pyrrole nitrogens is 1. The standard InChI is InChI=1S/C31H42FN5O3/c32-26-3-1-2-24(15-26)27-19-37(28(31(39)40)14-21-4-5-21)18-25(27)17-35-10-6-22(7-11-35)23-8-12-36(13-9-23)29-16-30(38)34-20-33-29/h1-3,15-16,20-23,25,27-28H,4-14,17-19H2,(H,39,40)(H,33,34,38)/t25-,27+,28+/m0/s1. The van der Waals surface area contributed by atoms with Gasteiger partial charge in [0.1, 0.15) is 17.7 Å². The lowest BCUT2D eigenvalue weighted by Gasteiger charge is -2.41. The Balaban J connectivity index is 1.05. The summed E-state index contributed by atoms with van der Waals surface area (Å²) in [5.74, 6) is 2.27. The van der Waals surface area contributed by atoms with Crippen LogP contribution >= 0.6 is 0 Å². The summed E-state index contributed by atoms with van der Waals surface area (Å²) in [5.41, 5.74) is 0.894. The summed E-state index contributed by atoms with van der Waals surface area (Å²) in [6.45, 7) is 6.41. The molecular formula is C31H42FN5O3. The molecule has 0 unspecified atom stereocenters. The van der Waals surface area contributed by atoms with Crippen LogP contribution in [0.2, 0.25) is 0 Å². The minimum atomic E-state index is -0.716. The van der Waals surface area contributed by atoms with E-state index in [1.54, 1.807) is 18.2 Å². The minimum Gasteiger partial charge on any atom is -0.480 e. The fraction of sp³-hybridized carbons (Fsp3) is 0.645. The Morgan fingerprint density at radius 2 is 1.75 bits per heavy atom. The van der Waals surface area contributed by atoms with E-state index in [4.69, 9.17) is 0 Å². The van der Waals surface area contributed by atoms with E-state index in [0.717, 1.165) is 88.7 Å². The van der Waals surface area contributed by atoms with Crippen LogP contribution in [0.4, 0.5) is 10.2 Å². The summed E-state index contributed by atoms with van der Waals surface area (Å²) in [4.78, 5) is 37.8. The smallest absolute Gasteiger partial charge is 0.320 e. The number of likely N-dealkylation sites (tertiary alicyclic amines) is 2. The van der Waals surface area contributed by atoms with E-state index in [0.29, 0.717) is 24.3 Å². The lowest BCUT2D eigenvalue weighted by molar-refractivity contribution is -0.143. The van der Waals surface area contributed by atoms with Crippen molar-refractivity contribution in [2.75, 3.05) is 50.7 Å². The zero-order valence-electron chi connectivity index (χ0n) is 23.3. The van der Waals surface area contributed by atoms with Gasteiger partial charge in [-0.3, -0.25) is 14.5 Å². The zero-order chi connectivity index (χ0) is 27.6. The fourth-order valence-corrected chi connectivity index (χ4v) is 7.60. The number of aliphatic carboxylic acids is 1. The molecule has 4 aliphatic rings. The Morgan fingerprint density at radius 3 is 2.40 bits per heavy atom. The fourth-order valence-electron chi connectivity index (χ4n) is 7.60. The Hall–Kier alpha value is -2.78. The van der Waals surface area contributed by atoms with Crippen molar-refractivity contribution >= 4 is 11.8 Å². The molecule has 4 fully saturated rings. The maximum atomic E-state index is 14.2. The molecule has 0 bridgehead atoms. The van der Waals surface area contributed by atoms with E-state index in [1.165, 1.54) is 25.2 Å². The SMILES string of the molecule is O=C(O)[C@@H](CC1CC1)N1C[C@H](CN2CCC(C3CCN(c4cc(=O)[nH]cn4)CC3)CC2)[C@@H](c2cccc(F)c2)C1. The summed E-state index contributed by atoms with van der Waals surface area (Å²) in [6.07, 6.45) is 9.15. The highest BCUT2D eigenvalue weighted by molar-refractivity contribution is 5.73. The highest BCUT2D eigenvalue weighted by Gasteiger charge is 2.42. The topological polar surface area (TPSA) is 92.8 Å². The first kappa shape index (κ1) is 27.4.